The Morgan fingerprint density at radius 1 is 1.11 bits per heavy atom. The SMILES string of the molecule is Cc1c(-c2cc3cc(Nc4cc5n(n4)CC(=O)NCC5)ncc3c(N)n2)cnc2c1NCC[C@H]2C. The van der Waals surface area contributed by atoms with Crippen molar-refractivity contribution in [1.82, 2.24) is 30.0 Å². The van der Waals surface area contributed by atoms with E-state index in [1.165, 1.54) is 0 Å². The van der Waals surface area contributed by atoms with Crippen molar-refractivity contribution < 1.29 is 4.79 Å². The van der Waals surface area contributed by atoms with E-state index in [-0.39, 0.29) is 12.5 Å². The zero-order valence-electron chi connectivity index (χ0n) is 19.7. The van der Waals surface area contributed by atoms with Crippen LogP contribution in [-0.2, 0) is 17.8 Å². The van der Waals surface area contributed by atoms with Crippen molar-refractivity contribution in [3.63, 3.8) is 0 Å². The van der Waals surface area contributed by atoms with Crippen LogP contribution in [0.1, 0.15) is 36.2 Å². The van der Waals surface area contributed by atoms with Crippen molar-refractivity contribution in [3.8, 4) is 11.3 Å². The van der Waals surface area contributed by atoms with Gasteiger partial charge in [-0.05, 0) is 36.4 Å². The fraction of sp³-hybridized carbons (Fsp3) is 0.320. The number of hydrogen-bond donors (Lipinski definition) is 4. The number of hydrogen-bond acceptors (Lipinski definition) is 8. The molecule has 0 spiro atoms. The van der Waals surface area contributed by atoms with Gasteiger partial charge in [-0.2, -0.15) is 5.10 Å². The van der Waals surface area contributed by atoms with E-state index < -0.39 is 0 Å². The van der Waals surface area contributed by atoms with Gasteiger partial charge in [0.1, 0.15) is 18.2 Å². The van der Waals surface area contributed by atoms with Crippen molar-refractivity contribution in [2.45, 2.75) is 39.2 Å². The van der Waals surface area contributed by atoms with Crippen LogP contribution in [0.15, 0.2) is 30.6 Å². The Morgan fingerprint density at radius 3 is 2.89 bits per heavy atom. The number of rotatable bonds is 3. The number of nitrogen functional groups attached to an aromatic ring is 1. The third-order valence-corrected chi connectivity index (χ3v) is 6.85. The first-order chi connectivity index (χ1) is 17.0. The Bertz CT molecular complexity index is 1480. The van der Waals surface area contributed by atoms with E-state index in [1.54, 1.807) is 10.9 Å². The molecule has 10 nitrogen and oxygen atoms in total. The minimum Gasteiger partial charge on any atom is -0.383 e. The average molecular weight is 470 g/mol. The second-order valence-electron chi connectivity index (χ2n) is 9.26. The van der Waals surface area contributed by atoms with Crippen LogP contribution in [-0.4, -0.2) is 43.7 Å². The molecule has 0 bridgehead atoms. The Hall–Kier alpha value is -4.21. The summed E-state index contributed by atoms with van der Waals surface area (Å²) in [5, 5.41) is 15.9. The molecule has 10 heteroatoms. The van der Waals surface area contributed by atoms with Crippen molar-refractivity contribution in [2.75, 3.05) is 29.5 Å². The quantitative estimate of drug-likeness (QED) is 0.359. The van der Waals surface area contributed by atoms with Gasteiger partial charge >= 0.3 is 0 Å². The van der Waals surface area contributed by atoms with E-state index >= 15 is 0 Å². The first kappa shape index (κ1) is 21.3. The number of carbonyl (C=O) groups excluding carboxylic acids is 1. The maximum Gasteiger partial charge on any atom is 0.241 e. The molecule has 2 aliphatic rings. The smallest absolute Gasteiger partial charge is 0.241 e. The van der Waals surface area contributed by atoms with E-state index in [0.717, 1.165) is 64.1 Å². The summed E-state index contributed by atoms with van der Waals surface area (Å²) in [7, 11) is 0. The monoisotopic (exact) mass is 469 g/mol. The molecule has 0 aliphatic carbocycles. The zero-order chi connectivity index (χ0) is 24.1. The van der Waals surface area contributed by atoms with Gasteiger partial charge in [0.2, 0.25) is 5.91 Å². The molecule has 1 atom stereocenters. The molecule has 0 saturated carbocycles. The molecule has 6 heterocycles. The maximum absolute atomic E-state index is 11.8. The largest absolute Gasteiger partial charge is 0.383 e. The predicted molar refractivity (Wildman–Crippen MR) is 136 cm³/mol. The van der Waals surface area contributed by atoms with Crippen molar-refractivity contribution in [3.05, 3.63) is 47.5 Å². The van der Waals surface area contributed by atoms with Crippen LogP contribution < -0.4 is 21.7 Å². The van der Waals surface area contributed by atoms with Crippen LogP contribution in [0.3, 0.4) is 0 Å². The van der Waals surface area contributed by atoms with Gasteiger partial charge in [-0.15, -0.1) is 0 Å². The van der Waals surface area contributed by atoms with E-state index in [4.69, 9.17) is 10.7 Å². The minimum atomic E-state index is -0.0330. The number of anilines is 4. The molecule has 6 rings (SSSR count). The van der Waals surface area contributed by atoms with Gasteiger partial charge in [0.25, 0.3) is 0 Å². The second-order valence-corrected chi connectivity index (χ2v) is 9.26. The number of nitrogens with zero attached hydrogens (tertiary/aromatic N) is 5. The highest BCUT2D eigenvalue weighted by atomic mass is 16.2. The van der Waals surface area contributed by atoms with E-state index in [2.05, 4.69) is 44.9 Å². The molecule has 0 radical (unpaired) electrons. The van der Waals surface area contributed by atoms with Crippen LogP contribution in [0.5, 0.6) is 0 Å². The van der Waals surface area contributed by atoms with Crippen LogP contribution in [0, 0.1) is 6.92 Å². The molecule has 35 heavy (non-hydrogen) atoms. The molecular formula is C25H27N9O. The highest BCUT2D eigenvalue weighted by Gasteiger charge is 2.22. The number of nitrogens with one attached hydrogen (secondary N) is 3. The van der Waals surface area contributed by atoms with E-state index in [0.29, 0.717) is 29.9 Å². The highest BCUT2D eigenvalue weighted by molar-refractivity contribution is 5.95. The van der Waals surface area contributed by atoms with Gasteiger partial charge in [-0.1, -0.05) is 6.92 Å². The molecule has 2 aliphatic heterocycles. The number of fused-ring (bicyclic) bond motifs is 3. The molecule has 178 valence electrons. The van der Waals surface area contributed by atoms with Gasteiger partial charge in [0.15, 0.2) is 5.82 Å². The molecule has 1 amide bonds. The lowest BCUT2D eigenvalue weighted by Crippen LogP contribution is -2.25. The van der Waals surface area contributed by atoms with Crippen molar-refractivity contribution in [2.24, 2.45) is 0 Å². The number of amides is 1. The summed E-state index contributed by atoms with van der Waals surface area (Å²) in [4.78, 5) is 25.8. The fourth-order valence-corrected chi connectivity index (χ4v) is 4.92. The summed E-state index contributed by atoms with van der Waals surface area (Å²) < 4.78 is 1.73. The van der Waals surface area contributed by atoms with Crippen molar-refractivity contribution >= 4 is 39.8 Å². The van der Waals surface area contributed by atoms with Crippen LogP contribution in [0.2, 0.25) is 0 Å². The zero-order valence-corrected chi connectivity index (χ0v) is 19.7. The maximum atomic E-state index is 11.8. The number of aromatic nitrogens is 5. The Kier molecular flexibility index (Phi) is 5.01. The summed E-state index contributed by atoms with van der Waals surface area (Å²) >= 11 is 0. The molecule has 4 aromatic heterocycles. The molecular weight excluding hydrogens is 442 g/mol. The third kappa shape index (κ3) is 3.80. The number of pyridine rings is 3. The molecule has 4 aromatic rings. The van der Waals surface area contributed by atoms with Gasteiger partial charge in [0.05, 0.1) is 17.1 Å². The average Bonchev–Trinajstić information content (AvgIpc) is 3.11. The lowest BCUT2D eigenvalue weighted by Gasteiger charge is -2.25. The first-order valence-electron chi connectivity index (χ1n) is 11.9. The fourth-order valence-electron chi connectivity index (χ4n) is 4.92. The predicted octanol–water partition coefficient (Wildman–Crippen LogP) is 3.11. The summed E-state index contributed by atoms with van der Waals surface area (Å²) in [6, 6.07) is 5.91. The molecule has 0 aromatic carbocycles. The lowest BCUT2D eigenvalue weighted by atomic mass is 9.93. The molecule has 5 N–H and O–H groups in total. The lowest BCUT2D eigenvalue weighted by molar-refractivity contribution is -0.121. The Morgan fingerprint density at radius 2 is 2.00 bits per heavy atom. The van der Waals surface area contributed by atoms with E-state index in [9.17, 15) is 4.79 Å². The topological polar surface area (TPSA) is 136 Å². The summed E-state index contributed by atoms with van der Waals surface area (Å²) in [5.74, 6) is 2.12. The van der Waals surface area contributed by atoms with E-state index in [1.807, 2.05) is 24.4 Å². The minimum absolute atomic E-state index is 0.0330. The summed E-state index contributed by atoms with van der Waals surface area (Å²) in [6.45, 7) is 6.09. The number of carbonyl (C=O) groups is 1. The normalized spacial score (nSPS) is 17.2. The Labute approximate surface area is 202 Å². The van der Waals surface area contributed by atoms with Gasteiger partial charge in [0, 0.05) is 60.5 Å². The molecule has 0 unspecified atom stereocenters. The van der Waals surface area contributed by atoms with Crippen LogP contribution in [0.4, 0.5) is 23.1 Å². The van der Waals surface area contributed by atoms with Gasteiger partial charge < -0.3 is 21.7 Å². The molecule has 0 saturated heterocycles. The Balaban J connectivity index is 1.35. The highest BCUT2D eigenvalue weighted by Crippen LogP contribution is 2.37. The van der Waals surface area contributed by atoms with Gasteiger partial charge in [-0.25, -0.2) is 9.97 Å². The third-order valence-electron chi connectivity index (χ3n) is 6.85. The van der Waals surface area contributed by atoms with Crippen molar-refractivity contribution in [1.29, 1.82) is 0 Å². The van der Waals surface area contributed by atoms with Crippen LogP contribution >= 0.6 is 0 Å². The van der Waals surface area contributed by atoms with Gasteiger partial charge in [-0.3, -0.25) is 14.5 Å². The second kappa shape index (κ2) is 8.23. The number of nitrogens with two attached hydrogens (primary N) is 1. The van der Waals surface area contributed by atoms with Crippen LogP contribution in [0.25, 0.3) is 22.0 Å². The first-order valence-corrected chi connectivity index (χ1v) is 11.9. The molecule has 0 fully saturated rings. The summed E-state index contributed by atoms with van der Waals surface area (Å²) in [5.41, 5.74) is 12.4. The standard InChI is InChI=1S/C25H27N9O/c1-13-3-5-28-24-14(2)17(10-30-23(13)24)19-7-15-8-20(29-11-18(15)25(26)31-19)32-21-9-16-4-6-27-22(35)12-34(16)33-21/h7-11,13,28H,3-6,12H2,1-2H3,(H2,26,31)(H,27,35)(H,29,32,33)/t13-/m1/s1. The summed E-state index contributed by atoms with van der Waals surface area (Å²) in [6.07, 6.45) is 5.44.